The molecular formula is C7H16N4O2. The molecule has 0 aliphatic heterocycles. The van der Waals surface area contributed by atoms with E-state index in [1.165, 1.54) is 7.05 Å². The lowest BCUT2D eigenvalue weighted by atomic mass is 10.5. The van der Waals surface area contributed by atoms with Crippen molar-refractivity contribution in [1.82, 2.24) is 21.3 Å². The fourth-order valence-electron chi connectivity index (χ4n) is 0.689. The summed E-state index contributed by atoms with van der Waals surface area (Å²) in [6.07, 6.45) is 0. The summed E-state index contributed by atoms with van der Waals surface area (Å²) in [4.78, 5) is 21.5. The van der Waals surface area contributed by atoms with E-state index in [4.69, 9.17) is 0 Å². The van der Waals surface area contributed by atoms with Gasteiger partial charge in [0.1, 0.15) is 0 Å². The highest BCUT2D eigenvalue weighted by atomic mass is 16.2. The van der Waals surface area contributed by atoms with E-state index in [1.807, 2.05) is 0 Å². The first-order valence-electron chi connectivity index (χ1n) is 4.07. The van der Waals surface area contributed by atoms with Crippen molar-refractivity contribution in [3.63, 3.8) is 0 Å². The lowest BCUT2D eigenvalue weighted by molar-refractivity contribution is -0.120. The molecule has 0 unspecified atom stereocenters. The smallest absolute Gasteiger partial charge is 0.314 e. The predicted octanol–water partition coefficient (Wildman–Crippen LogP) is -1.75. The Morgan fingerprint density at radius 1 is 1.08 bits per heavy atom. The Bertz CT molecular complexity index is 172. The van der Waals surface area contributed by atoms with Gasteiger partial charge in [0.25, 0.3) is 0 Å². The van der Waals surface area contributed by atoms with Gasteiger partial charge in [-0.05, 0) is 7.05 Å². The third kappa shape index (κ3) is 7.07. The molecule has 0 heterocycles. The summed E-state index contributed by atoms with van der Waals surface area (Å²) in [5.41, 5.74) is 0. The molecule has 0 saturated heterocycles. The third-order valence-corrected chi connectivity index (χ3v) is 1.30. The lowest BCUT2D eigenvalue weighted by Gasteiger charge is -2.05. The highest BCUT2D eigenvalue weighted by Gasteiger charge is 1.98. The molecule has 13 heavy (non-hydrogen) atoms. The summed E-state index contributed by atoms with van der Waals surface area (Å²) < 4.78 is 0. The van der Waals surface area contributed by atoms with Crippen LogP contribution in [0.2, 0.25) is 0 Å². The van der Waals surface area contributed by atoms with Gasteiger partial charge in [0.15, 0.2) is 0 Å². The summed E-state index contributed by atoms with van der Waals surface area (Å²) in [6, 6.07) is -0.247. The lowest BCUT2D eigenvalue weighted by Crippen LogP contribution is -2.40. The van der Waals surface area contributed by atoms with Crippen molar-refractivity contribution >= 4 is 11.9 Å². The van der Waals surface area contributed by atoms with E-state index in [1.54, 1.807) is 7.05 Å². The predicted molar refractivity (Wildman–Crippen MR) is 49.4 cm³/mol. The minimum Gasteiger partial charge on any atom is -0.353 e. The van der Waals surface area contributed by atoms with Crippen LogP contribution in [0.3, 0.4) is 0 Å². The SMILES string of the molecule is CNCC(=O)NCCNC(=O)NC. The van der Waals surface area contributed by atoms with Crippen LogP contribution in [0.25, 0.3) is 0 Å². The molecule has 4 N–H and O–H groups in total. The third-order valence-electron chi connectivity index (χ3n) is 1.30. The molecule has 6 heteroatoms. The van der Waals surface area contributed by atoms with Crippen molar-refractivity contribution in [2.75, 3.05) is 33.7 Å². The normalized spacial score (nSPS) is 9.08. The zero-order valence-corrected chi connectivity index (χ0v) is 7.94. The summed E-state index contributed by atoms with van der Waals surface area (Å²) in [7, 11) is 3.23. The molecule has 0 rings (SSSR count). The molecule has 0 fully saturated rings. The van der Waals surface area contributed by atoms with Crippen molar-refractivity contribution in [2.45, 2.75) is 0 Å². The highest BCUT2D eigenvalue weighted by molar-refractivity contribution is 5.78. The minimum atomic E-state index is -0.247. The van der Waals surface area contributed by atoms with Gasteiger partial charge >= 0.3 is 6.03 Å². The van der Waals surface area contributed by atoms with Gasteiger partial charge in [0, 0.05) is 20.1 Å². The molecule has 0 aliphatic rings. The van der Waals surface area contributed by atoms with E-state index in [2.05, 4.69) is 21.3 Å². The number of likely N-dealkylation sites (N-methyl/N-ethyl adjacent to an activating group) is 1. The van der Waals surface area contributed by atoms with E-state index in [0.29, 0.717) is 19.6 Å². The van der Waals surface area contributed by atoms with Crippen molar-refractivity contribution in [2.24, 2.45) is 0 Å². The fourth-order valence-corrected chi connectivity index (χ4v) is 0.689. The quantitative estimate of drug-likeness (QED) is 0.386. The molecule has 0 aromatic rings. The summed E-state index contributed by atoms with van der Waals surface area (Å²) >= 11 is 0. The van der Waals surface area contributed by atoms with Crippen molar-refractivity contribution in [3.8, 4) is 0 Å². The van der Waals surface area contributed by atoms with Crippen LogP contribution in [0.1, 0.15) is 0 Å². The van der Waals surface area contributed by atoms with E-state index in [9.17, 15) is 9.59 Å². The second kappa shape index (κ2) is 7.35. The van der Waals surface area contributed by atoms with E-state index in [0.717, 1.165) is 0 Å². The number of hydrogen-bond acceptors (Lipinski definition) is 3. The van der Waals surface area contributed by atoms with Gasteiger partial charge in [-0.15, -0.1) is 0 Å². The minimum absolute atomic E-state index is 0.0822. The number of hydrogen-bond donors (Lipinski definition) is 4. The van der Waals surface area contributed by atoms with E-state index < -0.39 is 0 Å². The topological polar surface area (TPSA) is 82.3 Å². The van der Waals surface area contributed by atoms with Crippen LogP contribution in [0.15, 0.2) is 0 Å². The molecule has 0 radical (unpaired) electrons. The maximum atomic E-state index is 10.9. The second-order valence-electron chi connectivity index (χ2n) is 2.39. The Morgan fingerprint density at radius 3 is 2.23 bits per heavy atom. The number of urea groups is 1. The van der Waals surface area contributed by atoms with Crippen molar-refractivity contribution in [3.05, 3.63) is 0 Å². The maximum absolute atomic E-state index is 10.9. The first-order chi connectivity index (χ1) is 6.20. The first kappa shape index (κ1) is 11.7. The molecule has 0 bridgehead atoms. The van der Waals surface area contributed by atoms with Crippen LogP contribution in [0.5, 0.6) is 0 Å². The molecule has 0 aliphatic carbocycles. The Balaban J connectivity index is 3.25. The zero-order valence-electron chi connectivity index (χ0n) is 7.94. The Labute approximate surface area is 77.5 Å². The Kier molecular flexibility index (Phi) is 6.62. The standard InChI is InChI=1S/C7H16N4O2/c1-8-5-6(12)10-3-4-11-7(13)9-2/h8H,3-5H2,1-2H3,(H,10,12)(H2,9,11,13). The molecular weight excluding hydrogens is 172 g/mol. The average Bonchev–Trinajstić information content (AvgIpc) is 2.12. The highest BCUT2D eigenvalue weighted by Crippen LogP contribution is 1.64. The molecule has 0 spiro atoms. The van der Waals surface area contributed by atoms with Crippen LogP contribution in [-0.2, 0) is 4.79 Å². The molecule has 0 aromatic carbocycles. The Hall–Kier alpha value is -1.30. The van der Waals surface area contributed by atoms with Crippen LogP contribution in [0, 0.1) is 0 Å². The van der Waals surface area contributed by atoms with Crippen LogP contribution in [-0.4, -0.2) is 45.7 Å². The van der Waals surface area contributed by atoms with Crippen LogP contribution in [0.4, 0.5) is 4.79 Å². The molecule has 0 aromatic heterocycles. The maximum Gasteiger partial charge on any atom is 0.314 e. The van der Waals surface area contributed by atoms with E-state index >= 15 is 0 Å². The number of nitrogens with one attached hydrogen (secondary N) is 4. The summed E-state index contributed by atoms with van der Waals surface area (Å²) in [6.45, 7) is 1.16. The van der Waals surface area contributed by atoms with Crippen LogP contribution < -0.4 is 21.3 Å². The fraction of sp³-hybridized carbons (Fsp3) is 0.714. The second-order valence-corrected chi connectivity index (χ2v) is 2.39. The van der Waals surface area contributed by atoms with Gasteiger partial charge in [0.2, 0.25) is 5.91 Å². The molecule has 6 nitrogen and oxygen atoms in total. The monoisotopic (exact) mass is 188 g/mol. The van der Waals surface area contributed by atoms with Gasteiger partial charge in [-0.25, -0.2) is 4.79 Å². The summed E-state index contributed by atoms with van der Waals surface area (Å²) in [5.74, 6) is -0.0822. The average molecular weight is 188 g/mol. The number of rotatable bonds is 5. The van der Waals surface area contributed by atoms with E-state index in [-0.39, 0.29) is 11.9 Å². The van der Waals surface area contributed by atoms with Crippen molar-refractivity contribution in [1.29, 1.82) is 0 Å². The van der Waals surface area contributed by atoms with Gasteiger partial charge in [-0.1, -0.05) is 0 Å². The van der Waals surface area contributed by atoms with Gasteiger partial charge in [-0.3, -0.25) is 4.79 Å². The Morgan fingerprint density at radius 2 is 1.69 bits per heavy atom. The summed E-state index contributed by atoms with van der Waals surface area (Å²) in [5, 5.41) is 10.3. The molecule has 0 saturated carbocycles. The number of carbonyl (C=O) groups is 2. The number of amides is 3. The largest absolute Gasteiger partial charge is 0.353 e. The first-order valence-corrected chi connectivity index (χ1v) is 4.07. The van der Waals surface area contributed by atoms with Gasteiger partial charge in [0.05, 0.1) is 6.54 Å². The zero-order chi connectivity index (χ0) is 10.1. The molecule has 76 valence electrons. The molecule has 0 atom stereocenters. The van der Waals surface area contributed by atoms with Gasteiger partial charge < -0.3 is 21.3 Å². The van der Waals surface area contributed by atoms with Crippen molar-refractivity contribution < 1.29 is 9.59 Å². The van der Waals surface area contributed by atoms with Crippen LogP contribution >= 0.6 is 0 Å². The molecule has 3 amide bonds. The van der Waals surface area contributed by atoms with Gasteiger partial charge in [-0.2, -0.15) is 0 Å². The number of carbonyl (C=O) groups excluding carboxylic acids is 2.